The van der Waals surface area contributed by atoms with Crippen molar-refractivity contribution in [3.63, 3.8) is 0 Å². The van der Waals surface area contributed by atoms with E-state index in [9.17, 15) is 9.18 Å². The van der Waals surface area contributed by atoms with Crippen LogP contribution in [-0.2, 0) is 6.54 Å². The zero-order valence-corrected chi connectivity index (χ0v) is 14.9. The van der Waals surface area contributed by atoms with Gasteiger partial charge in [0.05, 0.1) is 6.54 Å². The summed E-state index contributed by atoms with van der Waals surface area (Å²) in [7, 11) is 1.58. The Morgan fingerprint density at radius 3 is 2.61 bits per heavy atom. The van der Waals surface area contributed by atoms with E-state index >= 15 is 0 Å². The second kappa shape index (κ2) is 7.43. The van der Waals surface area contributed by atoms with Gasteiger partial charge in [-0.1, -0.05) is 35.5 Å². The zero-order chi connectivity index (χ0) is 19.5. The molecule has 4 aromatic rings. The van der Waals surface area contributed by atoms with E-state index in [0.29, 0.717) is 23.0 Å². The molecule has 0 fully saturated rings. The summed E-state index contributed by atoms with van der Waals surface area (Å²) in [6, 6.07) is 16.7. The molecule has 2 aromatic heterocycles. The van der Waals surface area contributed by atoms with Crippen LogP contribution in [0.3, 0.4) is 0 Å². The monoisotopic (exact) mass is 378 g/mol. The SMILES string of the molecule is CN(Cc1nnc(-c2ccccc2)o1)C(=O)c1cc(-c2cccc(F)c2)no1. The minimum Gasteiger partial charge on any atom is -0.419 e. The number of amides is 1. The minimum atomic E-state index is -0.408. The lowest BCUT2D eigenvalue weighted by Gasteiger charge is -2.12. The Bertz CT molecular complexity index is 1110. The van der Waals surface area contributed by atoms with Crippen molar-refractivity contribution in [3.8, 4) is 22.7 Å². The van der Waals surface area contributed by atoms with Gasteiger partial charge in [-0.05, 0) is 24.3 Å². The molecule has 0 aliphatic heterocycles. The average Bonchev–Trinajstić information content (AvgIpc) is 3.38. The first-order chi connectivity index (χ1) is 13.6. The fourth-order valence-corrected chi connectivity index (χ4v) is 2.64. The molecule has 0 radical (unpaired) electrons. The fourth-order valence-electron chi connectivity index (χ4n) is 2.64. The molecule has 8 heteroatoms. The summed E-state index contributed by atoms with van der Waals surface area (Å²) in [5.74, 6) is -0.0978. The van der Waals surface area contributed by atoms with E-state index < -0.39 is 11.7 Å². The summed E-state index contributed by atoms with van der Waals surface area (Å²) in [6.07, 6.45) is 0. The van der Waals surface area contributed by atoms with Gasteiger partial charge in [-0.15, -0.1) is 10.2 Å². The molecular weight excluding hydrogens is 363 g/mol. The van der Waals surface area contributed by atoms with Crippen molar-refractivity contribution in [2.24, 2.45) is 0 Å². The first-order valence-corrected chi connectivity index (χ1v) is 8.46. The minimum absolute atomic E-state index is 0.0320. The third kappa shape index (κ3) is 3.66. The van der Waals surface area contributed by atoms with Crippen LogP contribution in [0.15, 0.2) is 69.6 Å². The normalized spacial score (nSPS) is 10.8. The Kier molecular flexibility index (Phi) is 4.67. The third-order valence-corrected chi connectivity index (χ3v) is 4.05. The molecular formula is C20H15FN4O3. The van der Waals surface area contributed by atoms with Gasteiger partial charge < -0.3 is 13.8 Å². The predicted molar refractivity (Wildman–Crippen MR) is 97.4 cm³/mol. The number of aromatic nitrogens is 3. The molecule has 0 N–H and O–H groups in total. The van der Waals surface area contributed by atoms with Gasteiger partial charge in [-0.25, -0.2) is 4.39 Å². The number of hydrogen-bond donors (Lipinski definition) is 0. The summed E-state index contributed by atoms with van der Waals surface area (Å²) >= 11 is 0. The van der Waals surface area contributed by atoms with E-state index in [1.54, 1.807) is 19.2 Å². The maximum atomic E-state index is 13.4. The van der Waals surface area contributed by atoms with Gasteiger partial charge in [0.2, 0.25) is 17.5 Å². The Morgan fingerprint density at radius 1 is 1.04 bits per heavy atom. The van der Waals surface area contributed by atoms with Crippen molar-refractivity contribution in [1.29, 1.82) is 0 Å². The van der Waals surface area contributed by atoms with Gasteiger partial charge in [-0.2, -0.15) is 0 Å². The number of nitrogens with zero attached hydrogens (tertiary/aromatic N) is 4. The molecule has 1 amide bonds. The van der Waals surface area contributed by atoms with E-state index in [0.717, 1.165) is 5.56 Å². The van der Waals surface area contributed by atoms with Crippen LogP contribution in [0.2, 0.25) is 0 Å². The molecule has 7 nitrogen and oxygen atoms in total. The highest BCUT2D eigenvalue weighted by molar-refractivity contribution is 5.92. The lowest BCUT2D eigenvalue weighted by atomic mass is 10.1. The van der Waals surface area contributed by atoms with E-state index in [2.05, 4.69) is 15.4 Å². The van der Waals surface area contributed by atoms with Gasteiger partial charge in [0.15, 0.2) is 0 Å². The topological polar surface area (TPSA) is 85.3 Å². The van der Waals surface area contributed by atoms with Gasteiger partial charge in [0.25, 0.3) is 5.91 Å². The number of benzene rings is 2. The summed E-state index contributed by atoms with van der Waals surface area (Å²) in [5, 5.41) is 11.8. The molecule has 2 aromatic carbocycles. The molecule has 0 bridgehead atoms. The highest BCUT2D eigenvalue weighted by Gasteiger charge is 2.20. The van der Waals surface area contributed by atoms with E-state index in [1.807, 2.05) is 30.3 Å². The summed E-state index contributed by atoms with van der Waals surface area (Å²) in [4.78, 5) is 13.9. The largest absolute Gasteiger partial charge is 0.419 e. The Labute approximate surface area is 159 Å². The van der Waals surface area contributed by atoms with Crippen LogP contribution in [-0.4, -0.2) is 33.2 Å². The van der Waals surface area contributed by atoms with E-state index in [1.165, 1.54) is 23.1 Å². The highest BCUT2D eigenvalue weighted by atomic mass is 19.1. The van der Waals surface area contributed by atoms with E-state index in [-0.39, 0.29) is 12.3 Å². The summed E-state index contributed by atoms with van der Waals surface area (Å²) in [5.41, 5.74) is 1.69. The molecule has 0 aliphatic rings. The standard InChI is InChI=1S/C20H15FN4O3/c1-25(12-18-22-23-19(27-18)13-6-3-2-4-7-13)20(26)17-11-16(24-28-17)14-8-5-9-15(21)10-14/h2-11H,12H2,1H3. The van der Waals surface area contributed by atoms with Crippen LogP contribution in [0.1, 0.15) is 16.4 Å². The van der Waals surface area contributed by atoms with Crippen molar-refractivity contribution in [3.05, 3.63) is 78.1 Å². The lowest BCUT2D eigenvalue weighted by Crippen LogP contribution is -2.26. The number of carbonyl (C=O) groups is 1. The zero-order valence-electron chi connectivity index (χ0n) is 14.9. The molecule has 4 rings (SSSR count). The van der Waals surface area contributed by atoms with Gasteiger partial charge in [0, 0.05) is 24.2 Å². The van der Waals surface area contributed by atoms with Crippen LogP contribution in [0.4, 0.5) is 4.39 Å². The number of halogens is 1. The lowest BCUT2D eigenvalue weighted by molar-refractivity contribution is 0.0731. The third-order valence-electron chi connectivity index (χ3n) is 4.05. The first-order valence-electron chi connectivity index (χ1n) is 8.46. The molecule has 0 atom stereocenters. The molecule has 2 heterocycles. The van der Waals surface area contributed by atoms with Crippen LogP contribution in [0.25, 0.3) is 22.7 Å². The smallest absolute Gasteiger partial charge is 0.292 e. The second-order valence-corrected chi connectivity index (χ2v) is 6.11. The Hall–Kier alpha value is -3.81. The van der Waals surface area contributed by atoms with Crippen LogP contribution in [0, 0.1) is 5.82 Å². The van der Waals surface area contributed by atoms with Crippen LogP contribution in [0.5, 0.6) is 0 Å². The van der Waals surface area contributed by atoms with Gasteiger partial charge in [0.1, 0.15) is 11.5 Å². The van der Waals surface area contributed by atoms with Crippen molar-refractivity contribution in [2.75, 3.05) is 7.05 Å². The molecule has 0 aliphatic carbocycles. The second-order valence-electron chi connectivity index (χ2n) is 6.11. The molecule has 0 unspecified atom stereocenters. The van der Waals surface area contributed by atoms with Crippen molar-refractivity contribution < 1.29 is 18.1 Å². The van der Waals surface area contributed by atoms with E-state index in [4.69, 9.17) is 8.94 Å². The van der Waals surface area contributed by atoms with Crippen LogP contribution >= 0.6 is 0 Å². The maximum Gasteiger partial charge on any atom is 0.292 e. The van der Waals surface area contributed by atoms with Crippen molar-refractivity contribution in [2.45, 2.75) is 6.54 Å². The summed E-state index contributed by atoms with van der Waals surface area (Å²) in [6.45, 7) is 0.106. The molecule has 28 heavy (non-hydrogen) atoms. The molecule has 140 valence electrons. The highest BCUT2D eigenvalue weighted by Crippen LogP contribution is 2.21. The number of carbonyl (C=O) groups excluding carboxylic acids is 1. The quantitative estimate of drug-likeness (QED) is 0.525. The van der Waals surface area contributed by atoms with Crippen molar-refractivity contribution >= 4 is 5.91 Å². The van der Waals surface area contributed by atoms with Crippen molar-refractivity contribution in [1.82, 2.24) is 20.3 Å². The molecule has 0 spiro atoms. The first kappa shape index (κ1) is 17.6. The Morgan fingerprint density at radius 2 is 1.82 bits per heavy atom. The molecule has 0 saturated carbocycles. The summed E-state index contributed by atoms with van der Waals surface area (Å²) < 4.78 is 24.1. The predicted octanol–water partition coefficient (Wildman–Crippen LogP) is 3.80. The average molecular weight is 378 g/mol. The van der Waals surface area contributed by atoms with Gasteiger partial charge >= 0.3 is 0 Å². The fraction of sp³-hybridized carbons (Fsp3) is 0.100. The van der Waals surface area contributed by atoms with Crippen LogP contribution < -0.4 is 0 Å². The number of rotatable bonds is 5. The maximum absolute atomic E-state index is 13.4. The Balaban J connectivity index is 1.46. The number of hydrogen-bond acceptors (Lipinski definition) is 6. The van der Waals surface area contributed by atoms with Gasteiger partial charge in [-0.3, -0.25) is 4.79 Å². The molecule has 0 saturated heterocycles.